The fourth-order valence-electron chi connectivity index (χ4n) is 3.83. The molecule has 0 spiro atoms. The molecule has 9 heteroatoms. The zero-order chi connectivity index (χ0) is 23.5. The van der Waals surface area contributed by atoms with Crippen molar-refractivity contribution in [1.82, 2.24) is 9.21 Å². The topological polar surface area (TPSA) is 93.2 Å². The fourth-order valence-corrected chi connectivity index (χ4v) is 5.42. The van der Waals surface area contributed by atoms with Crippen LogP contribution in [0.3, 0.4) is 0 Å². The molecule has 1 aromatic carbocycles. The van der Waals surface area contributed by atoms with E-state index in [4.69, 9.17) is 9.47 Å². The van der Waals surface area contributed by atoms with Gasteiger partial charge in [0.1, 0.15) is 0 Å². The molecular formula is C22H34N2O6S. The first kappa shape index (κ1) is 25.3. The molecule has 174 valence electrons. The maximum atomic E-state index is 12.9. The number of carbonyl (C=O) groups is 2. The van der Waals surface area contributed by atoms with E-state index in [1.165, 1.54) is 35.5 Å². The van der Waals surface area contributed by atoms with Crippen molar-refractivity contribution in [2.75, 3.05) is 13.1 Å². The van der Waals surface area contributed by atoms with Crippen molar-refractivity contribution in [3.05, 3.63) is 29.8 Å². The summed E-state index contributed by atoms with van der Waals surface area (Å²) in [4.78, 5) is 26.9. The second-order valence-corrected chi connectivity index (χ2v) is 10.5. The van der Waals surface area contributed by atoms with Gasteiger partial charge in [0.2, 0.25) is 10.0 Å². The van der Waals surface area contributed by atoms with E-state index in [0.717, 1.165) is 0 Å². The van der Waals surface area contributed by atoms with Gasteiger partial charge in [-0.15, -0.1) is 0 Å². The van der Waals surface area contributed by atoms with E-state index in [2.05, 4.69) is 0 Å². The van der Waals surface area contributed by atoms with Crippen LogP contribution in [0.15, 0.2) is 29.2 Å². The smallest absolute Gasteiger partial charge is 0.338 e. The summed E-state index contributed by atoms with van der Waals surface area (Å²) >= 11 is 0. The van der Waals surface area contributed by atoms with Gasteiger partial charge in [0.15, 0.2) is 6.10 Å². The van der Waals surface area contributed by atoms with Crippen LogP contribution in [0.5, 0.6) is 0 Å². The van der Waals surface area contributed by atoms with Crippen LogP contribution >= 0.6 is 0 Å². The lowest BCUT2D eigenvalue weighted by Crippen LogP contribution is -2.48. The molecule has 0 aliphatic carbocycles. The van der Waals surface area contributed by atoms with Crippen molar-refractivity contribution in [2.24, 2.45) is 0 Å². The molecule has 31 heavy (non-hydrogen) atoms. The quantitative estimate of drug-likeness (QED) is 0.588. The maximum absolute atomic E-state index is 12.9. The summed E-state index contributed by atoms with van der Waals surface area (Å²) in [5.74, 6) is -0.945. The Bertz CT molecular complexity index is 864. The van der Waals surface area contributed by atoms with Gasteiger partial charge in [-0.25, -0.2) is 13.2 Å². The average Bonchev–Trinajstić information content (AvgIpc) is 2.66. The van der Waals surface area contributed by atoms with Crippen molar-refractivity contribution >= 4 is 21.9 Å². The number of sulfonamides is 1. The molecule has 0 N–H and O–H groups in total. The molecule has 0 bridgehead atoms. The third-order valence-corrected chi connectivity index (χ3v) is 6.96. The number of esters is 1. The minimum atomic E-state index is -3.70. The monoisotopic (exact) mass is 454 g/mol. The Labute approximate surface area is 185 Å². The standard InChI is InChI=1S/C22H34N2O6S/c1-14(2)24(15(3)4)21(25)18(7)30-22(26)19-8-10-20(11-9-19)31(27,28)23-12-16(5)29-17(6)13-23/h8-11,14-18H,12-13H2,1-7H3. The number of morpholine rings is 1. The largest absolute Gasteiger partial charge is 0.449 e. The number of benzene rings is 1. The van der Waals surface area contributed by atoms with Crippen molar-refractivity contribution in [3.8, 4) is 0 Å². The van der Waals surface area contributed by atoms with Crippen molar-refractivity contribution in [1.29, 1.82) is 0 Å². The summed E-state index contributed by atoms with van der Waals surface area (Å²) in [7, 11) is -3.70. The van der Waals surface area contributed by atoms with E-state index in [1.807, 2.05) is 41.5 Å². The lowest BCUT2D eigenvalue weighted by molar-refractivity contribution is -0.143. The van der Waals surface area contributed by atoms with Gasteiger partial charge in [-0.2, -0.15) is 4.31 Å². The molecule has 1 aliphatic heterocycles. The highest BCUT2D eigenvalue weighted by Crippen LogP contribution is 2.22. The molecule has 1 amide bonds. The summed E-state index contributed by atoms with van der Waals surface area (Å²) in [6.45, 7) is 13.4. The predicted octanol–water partition coefficient (Wildman–Crippen LogP) is 2.68. The minimum absolute atomic E-state index is 0.0243. The summed E-state index contributed by atoms with van der Waals surface area (Å²) in [5.41, 5.74) is 0.183. The first-order chi connectivity index (χ1) is 14.3. The van der Waals surface area contributed by atoms with Crippen LogP contribution in [-0.4, -0.2) is 73.0 Å². The molecule has 2 rings (SSSR count). The van der Waals surface area contributed by atoms with Gasteiger partial charge in [-0.05, 0) is 72.7 Å². The number of carbonyl (C=O) groups excluding carboxylic acids is 2. The summed E-state index contributed by atoms with van der Waals surface area (Å²) in [5, 5.41) is 0. The molecule has 1 heterocycles. The third kappa shape index (κ3) is 6.05. The summed E-state index contributed by atoms with van der Waals surface area (Å²) < 4.78 is 38.2. The van der Waals surface area contributed by atoms with E-state index in [9.17, 15) is 18.0 Å². The van der Waals surface area contributed by atoms with Crippen LogP contribution in [0.1, 0.15) is 58.8 Å². The lowest BCUT2D eigenvalue weighted by atomic mass is 10.2. The summed E-state index contributed by atoms with van der Waals surface area (Å²) in [6, 6.07) is 5.54. The molecule has 0 aromatic heterocycles. The molecule has 1 aliphatic rings. The summed E-state index contributed by atoms with van der Waals surface area (Å²) in [6.07, 6.45) is -1.33. The van der Waals surface area contributed by atoms with E-state index in [-0.39, 0.29) is 53.7 Å². The molecule has 1 saturated heterocycles. The van der Waals surface area contributed by atoms with Gasteiger partial charge < -0.3 is 14.4 Å². The van der Waals surface area contributed by atoms with Crippen LogP contribution in [0.2, 0.25) is 0 Å². The second kappa shape index (κ2) is 10.1. The van der Waals surface area contributed by atoms with Crippen molar-refractivity contribution in [3.63, 3.8) is 0 Å². The van der Waals surface area contributed by atoms with Gasteiger partial charge in [0, 0.05) is 25.2 Å². The first-order valence-corrected chi connectivity index (χ1v) is 12.1. The van der Waals surface area contributed by atoms with Crippen LogP contribution in [-0.2, 0) is 24.3 Å². The van der Waals surface area contributed by atoms with Gasteiger partial charge in [0.25, 0.3) is 5.91 Å². The maximum Gasteiger partial charge on any atom is 0.338 e. The van der Waals surface area contributed by atoms with E-state index >= 15 is 0 Å². The Hall–Kier alpha value is -1.97. The highest BCUT2D eigenvalue weighted by atomic mass is 32.2. The molecule has 1 fully saturated rings. The SMILES string of the molecule is CC1CN(S(=O)(=O)c2ccc(C(=O)OC(C)C(=O)N(C(C)C)C(C)C)cc2)CC(C)O1. The van der Waals surface area contributed by atoms with Gasteiger partial charge in [-0.1, -0.05) is 0 Å². The third-order valence-electron chi connectivity index (χ3n) is 5.11. The number of amides is 1. The molecule has 8 nitrogen and oxygen atoms in total. The number of rotatable bonds is 7. The first-order valence-electron chi connectivity index (χ1n) is 10.6. The number of nitrogens with zero attached hydrogens (tertiary/aromatic N) is 2. The predicted molar refractivity (Wildman–Crippen MR) is 117 cm³/mol. The van der Waals surface area contributed by atoms with E-state index in [1.54, 1.807) is 4.90 Å². The Morgan fingerprint density at radius 2 is 1.48 bits per heavy atom. The zero-order valence-corrected chi connectivity index (χ0v) is 20.2. The zero-order valence-electron chi connectivity index (χ0n) is 19.4. The van der Waals surface area contributed by atoms with Crippen molar-refractivity contribution < 1.29 is 27.5 Å². The molecule has 1 aromatic rings. The molecule has 3 atom stereocenters. The Balaban J connectivity index is 2.10. The van der Waals surface area contributed by atoms with Crippen LogP contribution in [0.4, 0.5) is 0 Å². The van der Waals surface area contributed by atoms with Gasteiger partial charge >= 0.3 is 5.97 Å². The normalized spacial score (nSPS) is 21.2. The van der Waals surface area contributed by atoms with Crippen LogP contribution < -0.4 is 0 Å². The van der Waals surface area contributed by atoms with E-state index in [0.29, 0.717) is 0 Å². The highest BCUT2D eigenvalue weighted by molar-refractivity contribution is 7.89. The fraction of sp³-hybridized carbons (Fsp3) is 0.636. The minimum Gasteiger partial charge on any atom is -0.449 e. The molecule has 0 saturated carbocycles. The van der Waals surface area contributed by atoms with Crippen molar-refractivity contribution in [2.45, 2.75) is 83.8 Å². The number of ether oxygens (including phenoxy) is 2. The Kier molecular flexibility index (Phi) is 8.24. The number of hydrogen-bond acceptors (Lipinski definition) is 6. The van der Waals surface area contributed by atoms with Crippen LogP contribution in [0.25, 0.3) is 0 Å². The molecular weight excluding hydrogens is 420 g/mol. The molecule has 0 radical (unpaired) electrons. The van der Waals surface area contributed by atoms with Gasteiger partial charge in [0.05, 0.1) is 22.7 Å². The molecule has 3 unspecified atom stereocenters. The Morgan fingerprint density at radius 1 is 1.00 bits per heavy atom. The number of hydrogen-bond donors (Lipinski definition) is 0. The van der Waals surface area contributed by atoms with Crippen LogP contribution in [0, 0.1) is 0 Å². The second-order valence-electron chi connectivity index (χ2n) is 8.58. The van der Waals surface area contributed by atoms with E-state index < -0.39 is 22.1 Å². The highest BCUT2D eigenvalue weighted by Gasteiger charge is 2.32. The van der Waals surface area contributed by atoms with Gasteiger partial charge in [-0.3, -0.25) is 4.79 Å². The lowest BCUT2D eigenvalue weighted by Gasteiger charge is -2.34. The average molecular weight is 455 g/mol. The Morgan fingerprint density at radius 3 is 1.94 bits per heavy atom.